The molecule has 2 N–H and O–H groups in total. The predicted octanol–water partition coefficient (Wildman–Crippen LogP) is 6.73. The van der Waals surface area contributed by atoms with Crippen LogP contribution in [0.25, 0.3) is 11.8 Å². The molecule has 1 aromatic carbocycles. The molecule has 0 aliphatic rings. The summed E-state index contributed by atoms with van der Waals surface area (Å²) in [5.74, 6) is 1.41. The van der Waals surface area contributed by atoms with Crippen LogP contribution in [0, 0.1) is 0 Å². The van der Waals surface area contributed by atoms with E-state index in [0.717, 1.165) is 22.6 Å². The van der Waals surface area contributed by atoms with Crippen molar-refractivity contribution in [2.45, 2.75) is 73.6 Å². The Hall–Kier alpha value is -3.30. The maximum Gasteiger partial charge on any atom is 0.272 e. The molecule has 0 saturated carbocycles. The highest BCUT2D eigenvalue weighted by Crippen LogP contribution is 2.39. The van der Waals surface area contributed by atoms with Crippen LogP contribution in [0.1, 0.15) is 84.3 Å². The Labute approximate surface area is 258 Å². The van der Waals surface area contributed by atoms with Crippen molar-refractivity contribution in [2.24, 2.45) is 12.0 Å². The number of amides is 1. The molecule has 0 aliphatic carbocycles. The molecule has 1 aromatic heterocycles. The summed E-state index contributed by atoms with van der Waals surface area (Å²) < 4.78 is 28.6. The number of aliphatic imine (C=N–C) groups is 1. The molecular formula is C32H47ClN4O4S. The van der Waals surface area contributed by atoms with Crippen molar-refractivity contribution in [3.8, 4) is 5.75 Å². The number of aromatic nitrogens is 1. The van der Waals surface area contributed by atoms with Crippen LogP contribution in [-0.4, -0.2) is 34.3 Å². The van der Waals surface area contributed by atoms with Crippen molar-refractivity contribution < 1.29 is 18.5 Å². The normalized spacial score (nSPS) is 13.7. The van der Waals surface area contributed by atoms with Crippen molar-refractivity contribution >= 4 is 57.9 Å². The van der Waals surface area contributed by atoms with Crippen LogP contribution in [0.4, 0.5) is 11.4 Å². The van der Waals surface area contributed by atoms with E-state index in [1.807, 2.05) is 64.4 Å². The number of nitrogens with one attached hydrogen (secondary N) is 2. The van der Waals surface area contributed by atoms with Crippen LogP contribution in [0.3, 0.4) is 0 Å². The summed E-state index contributed by atoms with van der Waals surface area (Å²) in [6.07, 6.45) is 8.20. The topological polar surface area (TPSA) is 93.9 Å². The summed E-state index contributed by atoms with van der Waals surface area (Å²) in [7, 11) is 2.02. The molecule has 1 heterocycles. The van der Waals surface area contributed by atoms with Crippen molar-refractivity contribution in [1.82, 2.24) is 4.57 Å². The number of benzene rings is 1. The van der Waals surface area contributed by atoms with Crippen molar-refractivity contribution in [1.29, 1.82) is 0 Å². The molecule has 1 atom stereocenters. The number of allylic oxidation sites excluding steroid dienone is 2. The number of halogens is 1. The second kappa shape index (κ2) is 17.0. The number of hydrogen-bond acceptors (Lipinski definition) is 5. The van der Waals surface area contributed by atoms with Gasteiger partial charge in [-0.2, -0.15) is 0 Å². The molecule has 0 aliphatic heterocycles. The summed E-state index contributed by atoms with van der Waals surface area (Å²) in [6, 6.07) is 5.64. The highest BCUT2D eigenvalue weighted by molar-refractivity contribution is 7.85. The minimum atomic E-state index is -1.33. The number of carbonyl (C=O) groups is 1. The van der Waals surface area contributed by atoms with Gasteiger partial charge in [0.1, 0.15) is 33.4 Å². The summed E-state index contributed by atoms with van der Waals surface area (Å²) in [6.45, 7) is 19.6. The van der Waals surface area contributed by atoms with E-state index in [-0.39, 0.29) is 16.5 Å². The molecular weight excluding hydrogens is 572 g/mol. The third-order valence-corrected chi connectivity index (χ3v) is 6.58. The second-order valence-corrected chi connectivity index (χ2v) is 11.7. The fourth-order valence-electron chi connectivity index (χ4n) is 4.10. The Balaban J connectivity index is 0.00000431. The number of ether oxygens (including phenoxy) is 2. The lowest BCUT2D eigenvalue weighted by Crippen LogP contribution is -2.32. The summed E-state index contributed by atoms with van der Waals surface area (Å²) in [5, 5.41) is 4.90. The first-order chi connectivity index (χ1) is 19.7. The van der Waals surface area contributed by atoms with Gasteiger partial charge in [0.05, 0.1) is 23.8 Å². The van der Waals surface area contributed by atoms with E-state index in [1.54, 1.807) is 12.3 Å². The summed E-state index contributed by atoms with van der Waals surface area (Å²) in [4.78, 5) is 17.7. The van der Waals surface area contributed by atoms with Gasteiger partial charge in [0.15, 0.2) is 5.75 Å². The van der Waals surface area contributed by atoms with Gasteiger partial charge in [-0.25, -0.2) is 9.20 Å². The van der Waals surface area contributed by atoms with Gasteiger partial charge in [0, 0.05) is 25.9 Å². The van der Waals surface area contributed by atoms with Gasteiger partial charge >= 0.3 is 0 Å². The van der Waals surface area contributed by atoms with Gasteiger partial charge in [0.2, 0.25) is 0 Å². The highest BCUT2D eigenvalue weighted by atomic mass is 35.5. The van der Waals surface area contributed by atoms with E-state index >= 15 is 0 Å². The molecule has 42 heavy (non-hydrogen) atoms. The van der Waals surface area contributed by atoms with Crippen LogP contribution in [0.2, 0.25) is 0 Å². The van der Waals surface area contributed by atoms with Crippen molar-refractivity contribution in [3.05, 3.63) is 63.6 Å². The Morgan fingerprint density at radius 2 is 1.81 bits per heavy atom. The molecule has 2 aromatic rings. The van der Waals surface area contributed by atoms with Crippen molar-refractivity contribution in [3.63, 3.8) is 0 Å². The third kappa shape index (κ3) is 10.2. The Morgan fingerprint density at radius 3 is 2.31 bits per heavy atom. The molecule has 1 amide bonds. The molecule has 0 fully saturated rings. The molecule has 1 unspecified atom stereocenters. The number of hydrogen-bond donors (Lipinski definition) is 2. The summed E-state index contributed by atoms with van der Waals surface area (Å²) >= 11 is 5.70. The number of nitrogens with zero attached hydrogens (tertiary/aromatic N) is 2. The first-order valence-corrected chi connectivity index (χ1v) is 15.9. The lowest BCUT2D eigenvalue weighted by molar-refractivity contribution is 0.101. The number of methoxy groups -OCH3 is 1. The fourth-order valence-corrected chi connectivity index (χ4v) is 4.62. The maximum atomic E-state index is 13.7. The van der Waals surface area contributed by atoms with Crippen LogP contribution in [0.5, 0.6) is 5.75 Å². The first-order valence-electron chi connectivity index (χ1n) is 14.0. The molecule has 0 radical (unpaired) electrons. The average Bonchev–Trinajstić information content (AvgIpc) is 3.23. The van der Waals surface area contributed by atoms with E-state index in [4.69, 9.17) is 21.1 Å². The first kappa shape index (κ1) is 36.7. The second-order valence-electron chi connectivity index (χ2n) is 10.2. The van der Waals surface area contributed by atoms with Crippen LogP contribution >= 0.6 is 11.6 Å². The fraction of sp³-hybridized carbons (Fsp3) is 0.438. The highest BCUT2D eigenvalue weighted by Gasteiger charge is 2.23. The van der Waals surface area contributed by atoms with Gasteiger partial charge < -0.3 is 24.1 Å². The monoisotopic (exact) mass is 618 g/mol. The van der Waals surface area contributed by atoms with Gasteiger partial charge in [-0.15, -0.1) is 0 Å². The quantitative estimate of drug-likeness (QED) is 0.166. The molecule has 2 rings (SSSR count). The van der Waals surface area contributed by atoms with Crippen molar-refractivity contribution in [2.75, 3.05) is 23.4 Å². The van der Waals surface area contributed by atoms with Gasteiger partial charge in [-0.05, 0) is 53.8 Å². The molecule has 0 spiro atoms. The zero-order chi connectivity index (χ0) is 32.2. The standard InChI is InChI=1S/C30H41ClN4O4S.C2H6/c1-11-13-21-16-25(35(8)27(21)26(12-2)39-19(3)14-15-32-20(4)31)29(36)33-23-17-22(30(5,6)7)18-24(28(23)38-9)34-40(10)37;1-2/h13-18,34H,4,11-12H2,1-3,5-10H3,(H,33,36);1-2H3/b19-14+,21-13-,27-26-,32-15-;. The zero-order valence-corrected chi connectivity index (χ0v) is 28.5. The van der Waals surface area contributed by atoms with E-state index in [2.05, 4.69) is 48.5 Å². The Kier molecular flexibility index (Phi) is 14.8. The Morgan fingerprint density at radius 1 is 1.19 bits per heavy atom. The van der Waals surface area contributed by atoms with E-state index in [0.29, 0.717) is 40.8 Å². The molecule has 232 valence electrons. The number of anilines is 2. The Bertz CT molecular complexity index is 1470. The van der Waals surface area contributed by atoms with E-state index < -0.39 is 11.0 Å². The molecule has 10 heteroatoms. The lowest BCUT2D eigenvalue weighted by Gasteiger charge is -2.23. The zero-order valence-electron chi connectivity index (χ0n) is 26.9. The van der Waals surface area contributed by atoms with Gasteiger partial charge in [-0.3, -0.25) is 4.79 Å². The minimum Gasteiger partial charge on any atom is -0.492 e. The largest absolute Gasteiger partial charge is 0.492 e. The average molecular weight is 619 g/mol. The lowest BCUT2D eigenvalue weighted by atomic mass is 9.86. The van der Waals surface area contributed by atoms with Crippen LogP contribution < -0.4 is 25.3 Å². The number of carbonyl (C=O) groups excluding carboxylic acids is 1. The summed E-state index contributed by atoms with van der Waals surface area (Å²) in [5.41, 5.74) is 2.18. The van der Waals surface area contributed by atoms with E-state index in [9.17, 15) is 9.00 Å². The molecule has 0 saturated heterocycles. The number of rotatable bonds is 11. The molecule has 0 bridgehead atoms. The third-order valence-electron chi connectivity index (χ3n) is 5.97. The van der Waals surface area contributed by atoms with E-state index in [1.165, 1.54) is 13.3 Å². The minimum absolute atomic E-state index is 0.178. The van der Waals surface area contributed by atoms with Crippen LogP contribution in [0.15, 0.2) is 46.8 Å². The van der Waals surface area contributed by atoms with Crippen LogP contribution in [-0.2, 0) is 28.2 Å². The van der Waals surface area contributed by atoms with Gasteiger partial charge in [-0.1, -0.05) is 72.7 Å². The SMILES string of the molecule is C=C(Cl)/N=C\C=C(/C)O/C(CC)=c1/c(=C\CC)cc(C(=O)Nc2cc(C(C)(C)C)cc(NS(C)=O)c2OC)n1C.CC. The smallest absolute Gasteiger partial charge is 0.272 e. The van der Waals surface area contributed by atoms with Gasteiger partial charge in [0.25, 0.3) is 5.91 Å². The maximum absolute atomic E-state index is 13.7. The predicted molar refractivity (Wildman–Crippen MR) is 180 cm³/mol. The molecule has 8 nitrogen and oxygen atoms in total.